The van der Waals surface area contributed by atoms with Gasteiger partial charge in [-0.25, -0.2) is 0 Å². The lowest BCUT2D eigenvalue weighted by Gasteiger charge is -2.08. The van der Waals surface area contributed by atoms with Gasteiger partial charge in [-0.05, 0) is 24.3 Å². The van der Waals surface area contributed by atoms with Gasteiger partial charge in [-0.2, -0.15) is 0 Å². The molecular weight excluding hydrogens is 284 g/mol. The molecule has 0 atom stereocenters. The molecule has 0 aromatic heterocycles. The van der Waals surface area contributed by atoms with Crippen LogP contribution in [0.4, 0.5) is 0 Å². The van der Waals surface area contributed by atoms with E-state index < -0.39 is 0 Å². The maximum absolute atomic E-state index is 9.28. The summed E-state index contributed by atoms with van der Waals surface area (Å²) in [6, 6.07) is 11.6. The van der Waals surface area contributed by atoms with Crippen molar-refractivity contribution in [1.82, 2.24) is 0 Å². The summed E-state index contributed by atoms with van der Waals surface area (Å²) in [6.45, 7) is 0.365. The Morgan fingerprint density at radius 3 is 2.47 bits per heavy atom. The number of hydrogen-bond donors (Lipinski definition) is 2. The highest BCUT2D eigenvalue weighted by Gasteiger charge is 2.02. The molecule has 2 aromatic carbocycles. The molecule has 0 saturated heterocycles. The van der Waals surface area contributed by atoms with Gasteiger partial charge in [-0.3, -0.25) is 0 Å². The highest BCUT2D eigenvalue weighted by molar-refractivity contribution is 9.10. The fourth-order valence-corrected chi connectivity index (χ4v) is 1.87. The zero-order valence-corrected chi connectivity index (χ0v) is 10.5. The van der Waals surface area contributed by atoms with E-state index in [0.717, 1.165) is 10.0 Å². The van der Waals surface area contributed by atoms with Crippen LogP contribution in [0, 0.1) is 0 Å². The lowest BCUT2D eigenvalue weighted by Crippen LogP contribution is -1.96. The lowest BCUT2D eigenvalue weighted by atomic mass is 10.2. The van der Waals surface area contributed by atoms with E-state index in [2.05, 4.69) is 15.9 Å². The second-order valence-electron chi connectivity index (χ2n) is 3.56. The third-order valence-corrected chi connectivity index (χ3v) is 2.99. The summed E-state index contributed by atoms with van der Waals surface area (Å²) in [7, 11) is 0. The number of phenols is 2. The predicted molar refractivity (Wildman–Crippen MR) is 68.2 cm³/mol. The highest BCUT2D eigenvalue weighted by Crippen LogP contribution is 2.24. The van der Waals surface area contributed by atoms with Gasteiger partial charge in [-0.15, -0.1) is 0 Å². The Morgan fingerprint density at radius 1 is 1.00 bits per heavy atom. The van der Waals surface area contributed by atoms with Gasteiger partial charge in [0, 0.05) is 16.1 Å². The normalized spacial score (nSPS) is 10.2. The number of aromatic hydroxyl groups is 2. The number of halogens is 1. The van der Waals surface area contributed by atoms with Crippen LogP contribution in [0.3, 0.4) is 0 Å². The molecule has 2 rings (SSSR count). The largest absolute Gasteiger partial charge is 0.508 e. The fraction of sp³-hybridized carbons (Fsp3) is 0.0769. The predicted octanol–water partition coefficient (Wildman–Crippen LogP) is 3.44. The lowest BCUT2D eigenvalue weighted by molar-refractivity contribution is 0.303. The standard InChI is InChI=1S/C13H11BrO3/c14-13-7-11(16)5-4-9(13)8-17-12-3-1-2-10(15)6-12/h1-7,15-16H,8H2. The Morgan fingerprint density at radius 2 is 1.76 bits per heavy atom. The zero-order chi connectivity index (χ0) is 12.3. The SMILES string of the molecule is Oc1cccc(OCc2ccc(O)cc2Br)c1. The second-order valence-corrected chi connectivity index (χ2v) is 4.42. The molecule has 0 unspecified atom stereocenters. The van der Waals surface area contributed by atoms with E-state index in [1.807, 2.05) is 0 Å². The molecule has 0 bridgehead atoms. The summed E-state index contributed by atoms with van der Waals surface area (Å²) in [5, 5.41) is 18.5. The molecule has 3 nitrogen and oxygen atoms in total. The van der Waals surface area contributed by atoms with Crippen molar-refractivity contribution >= 4 is 15.9 Å². The summed E-state index contributed by atoms with van der Waals surface area (Å²) in [4.78, 5) is 0. The molecule has 0 aliphatic rings. The molecule has 0 spiro atoms. The van der Waals surface area contributed by atoms with Crippen molar-refractivity contribution in [2.24, 2.45) is 0 Å². The number of ether oxygens (including phenoxy) is 1. The first-order valence-electron chi connectivity index (χ1n) is 5.04. The molecule has 2 aromatic rings. The fourth-order valence-electron chi connectivity index (χ4n) is 1.39. The van der Waals surface area contributed by atoms with E-state index in [-0.39, 0.29) is 11.5 Å². The molecule has 0 fully saturated rings. The molecule has 0 heterocycles. The van der Waals surface area contributed by atoms with Crippen molar-refractivity contribution in [3.8, 4) is 17.2 Å². The highest BCUT2D eigenvalue weighted by atomic mass is 79.9. The van der Waals surface area contributed by atoms with E-state index >= 15 is 0 Å². The van der Waals surface area contributed by atoms with Gasteiger partial charge in [0.05, 0.1) is 0 Å². The molecule has 0 aliphatic carbocycles. The average Bonchev–Trinajstić information content (AvgIpc) is 2.28. The van der Waals surface area contributed by atoms with E-state index in [4.69, 9.17) is 4.74 Å². The number of hydrogen-bond acceptors (Lipinski definition) is 3. The molecule has 88 valence electrons. The molecular formula is C13H11BrO3. The minimum absolute atomic E-state index is 0.173. The monoisotopic (exact) mass is 294 g/mol. The smallest absolute Gasteiger partial charge is 0.123 e. The Bertz CT molecular complexity index is 526. The molecule has 17 heavy (non-hydrogen) atoms. The maximum atomic E-state index is 9.28. The molecule has 4 heteroatoms. The zero-order valence-electron chi connectivity index (χ0n) is 8.93. The third-order valence-electron chi connectivity index (χ3n) is 2.25. The van der Waals surface area contributed by atoms with E-state index in [1.54, 1.807) is 42.5 Å². The van der Waals surface area contributed by atoms with Crippen LogP contribution < -0.4 is 4.74 Å². The Balaban J connectivity index is 2.07. The third kappa shape index (κ3) is 3.14. The number of phenolic OH excluding ortho intramolecular Hbond substituents is 2. The molecule has 0 amide bonds. The second kappa shape index (κ2) is 5.10. The van der Waals surface area contributed by atoms with Crippen LogP contribution in [-0.2, 0) is 6.61 Å². The van der Waals surface area contributed by atoms with Crippen LogP contribution in [0.15, 0.2) is 46.9 Å². The average molecular weight is 295 g/mol. The number of benzene rings is 2. The topological polar surface area (TPSA) is 49.7 Å². The van der Waals surface area contributed by atoms with Gasteiger partial charge in [0.15, 0.2) is 0 Å². The van der Waals surface area contributed by atoms with Crippen molar-refractivity contribution in [3.05, 3.63) is 52.5 Å². The van der Waals surface area contributed by atoms with Crippen LogP contribution in [0.2, 0.25) is 0 Å². The Hall–Kier alpha value is -1.68. The van der Waals surface area contributed by atoms with E-state index in [1.165, 1.54) is 0 Å². The van der Waals surface area contributed by atoms with Crippen molar-refractivity contribution in [1.29, 1.82) is 0 Å². The van der Waals surface area contributed by atoms with Crippen molar-refractivity contribution in [2.75, 3.05) is 0 Å². The first-order valence-corrected chi connectivity index (χ1v) is 5.83. The van der Waals surface area contributed by atoms with Crippen molar-refractivity contribution in [3.63, 3.8) is 0 Å². The molecule has 2 N–H and O–H groups in total. The summed E-state index contributed by atoms with van der Waals surface area (Å²) >= 11 is 3.35. The first kappa shape index (κ1) is 11.8. The summed E-state index contributed by atoms with van der Waals surface area (Å²) in [5.41, 5.74) is 0.922. The summed E-state index contributed by atoms with van der Waals surface area (Å²) in [5.74, 6) is 0.982. The Labute approximate surface area is 107 Å². The van der Waals surface area contributed by atoms with Crippen molar-refractivity contribution in [2.45, 2.75) is 6.61 Å². The van der Waals surface area contributed by atoms with Gasteiger partial charge in [0.1, 0.15) is 23.9 Å². The van der Waals surface area contributed by atoms with Crippen LogP contribution in [-0.4, -0.2) is 10.2 Å². The van der Waals surface area contributed by atoms with Gasteiger partial charge < -0.3 is 14.9 Å². The Kier molecular flexibility index (Phi) is 3.54. The summed E-state index contributed by atoms with van der Waals surface area (Å²) in [6.07, 6.45) is 0. The van der Waals surface area contributed by atoms with Gasteiger partial charge >= 0.3 is 0 Å². The molecule has 0 saturated carbocycles. The van der Waals surface area contributed by atoms with Crippen LogP contribution in [0.1, 0.15) is 5.56 Å². The van der Waals surface area contributed by atoms with Crippen LogP contribution in [0.5, 0.6) is 17.2 Å². The molecule has 0 radical (unpaired) electrons. The van der Waals surface area contributed by atoms with Gasteiger partial charge in [0.2, 0.25) is 0 Å². The van der Waals surface area contributed by atoms with E-state index in [9.17, 15) is 10.2 Å². The molecule has 0 aliphatic heterocycles. The number of rotatable bonds is 3. The van der Waals surface area contributed by atoms with Gasteiger partial charge in [0.25, 0.3) is 0 Å². The quantitative estimate of drug-likeness (QED) is 0.912. The van der Waals surface area contributed by atoms with Crippen LogP contribution >= 0.6 is 15.9 Å². The summed E-state index contributed by atoms with van der Waals surface area (Å²) < 4.78 is 6.31. The minimum atomic E-state index is 0.173. The maximum Gasteiger partial charge on any atom is 0.123 e. The van der Waals surface area contributed by atoms with Crippen molar-refractivity contribution < 1.29 is 14.9 Å². The van der Waals surface area contributed by atoms with E-state index in [0.29, 0.717) is 12.4 Å². The van der Waals surface area contributed by atoms with Crippen LogP contribution in [0.25, 0.3) is 0 Å². The first-order chi connectivity index (χ1) is 8.15. The van der Waals surface area contributed by atoms with Gasteiger partial charge in [-0.1, -0.05) is 28.1 Å². The minimum Gasteiger partial charge on any atom is -0.508 e.